The number of nitrogens with one attached hydrogen (secondary N) is 2. The van der Waals surface area contributed by atoms with Crippen molar-refractivity contribution in [3.05, 3.63) is 0 Å². The molecule has 0 aromatic carbocycles. The Balaban J connectivity index is 2.26. The molecule has 0 aromatic heterocycles. The first-order valence-electron chi connectivity index (χ1n) is 5.74. The lowest BCUT2D eigenvalue weighted by Crippen LogP contribution is -2.46. The zero-order valence-electron chi connectivity index (χ0n) is 9.88. The largest absolute Gasteiger partial charge is 0.381 e. The molecule has 3 atom stereocenters. The second-order valence-electron chi connectivity index (χ2n) is 4.15. The molecule has 0 saturated heterocycles. The predicted octanol–water partition coefficient (Wildman–Crippen LogP) is 0.668. The minimum Gasteiger partial charge on any atom is -0.381 e. The molecule has 0 aromatic rings. The summed E-state index contributed by atoms with van der Waals surface area (Å²) in [5, 5.41) is 6.15. The molecule has 0 spiro atoms. The van der Waals surface area contributed by atoms with Crippen molar-refractivity contribution in [1.29, 1.82) is 0 Å². The SMILES string of the molecule is CCNC(=O)C(C)NC1CCC(OC)C1. The Morgan fingerprint density at radius 1 is 1.53 bits per heavy atom. The first-order chi connectivity index (χ1) is 7.17. The summed E-state index contributed by atoms with van der Waals surface area (Å²) in [4.78, 5) is 11.5. The van der Waals surface area contributed by atoms with Gasteiger partial charge in [-0.05, 0) is 33.1 Å². The third-order valence-corrected chi connectivity index (χ3v) is 2.95. The number of rotatable bonds is 5. The normalized spacial score (nSPS) is 27.7. The quantitative estimate of drug-likeness (QED) is 0.707. The summed E-state index contributed by atoms with van der Waals surface area (Å²) in [6, 6.07) is 0.318. The number of ether oxygens (including phenoxy) is 1. The van der Waals surface area contributed by atoms with E-state index in [1.807, 2.05) is 13.8 Å². The van der Waals surface area contributed by atoms with E-state index < -0.39 is 0 Å². The first kappa shape index (κ1) is 12.5. The van der Waals surface area contributed by atoms with Crippen LogP contribution in [0.25, 0.3) is 0 Å². The summed E-state index contributed by atoms with van der Waals surface area (Å²) in [6.45, 7) is 4.53. The Morgan fingerprint density at radius 3 is 2.80 bits per heavy atom. The van der Waals surface area contributed by atoms with Crippen LogP contribution in [0.4, 0.5) is 0 Å². The van der Waals surface area contributed by atoms with Crippen molar-refractivity contribution in [1.82, 2.24) is 10.6 Å². The number of likely N-dealkylation sites (N-methyl/N-ethyl adjacent to an activating group) is 1. The lowest BCUT2D eigenvalue weighted by molar-refractivity contribution is -0.122. The Bertz CT molecular complexity index is 209. The van der Waals surface area contributed by atoms with Crippen LogP contribution in [0, 0.1) is 0 Å². The molecule has 2 N–H and O–H groups in total. The molecule has 1 amide bonds. The molecule has 1 aliphatic rings. The van der Waals surface area contributed by atoms with Gasteiger partial charge in [0.2, 0.25) is 5.91 Å². The van der Waals surface area contributed by atoms with Crippen molar-refractivity contribution in [3.63, 3.8) is 0 Å². The summed E-state index contributed by atoms with van der Waals surface area (Å²) in [7, 11) is 1.75. The topological polar surface area (TPSA) is 50.4 Å². The maximum Gasteiger partial charge on any atom is 0.236 e. The van der Waals surface area contributed by atoms with Gasteiger partial charge in [0, 0.05) is 19.7 Å². The molecule has 1 saturated carbocycles. The van der Waals surface area contributed by atoms with Crippen molar-refractivity contribution in [3.8, 4) is 0 Å². The van der Waals surface area contributed by atoms with Gasteiger partial charge < -0.3 is 15.4 Å². The summed E-state index contributed by atoms with van der Waals surface area (Å²) >= 11 is 0. The molecule has 0 aliphatic heterocycles. The van der Waals surface area contributed by atoms with Crippen LogP contribution < -0.4 is 10.6 Å². The Labute approximate surface area is 91.8 Å². The molecule has 1 aliphatic carbocycles. The van der Waals surface area contributed by atoms with E-state index >= 15 is 0 Å². The molecule has 0 bridgehead atoms. The second-order valence-corrected chi connectivity index (χ2v) is 4.15. The number of carbonyl (C=O) groups excluding carboxylic acids is 1. The Morgan fingerprint density at radius 2 is 2.27 bits per heavy atom. The van der Waals surface area contributed by atoms with E-state index in [1.54, 1.807) is 7.11 Å². The van der Waals surface area contributed by atoms with E-state index in [9.17, 15) is 4.79 Å². The van der Waals surface area contributed by atoms with Crippen molar-refractivity contribution in [2.75, 3.05) is 13.7 Å². The van der Waals surface area contributed by atoms with Gasteiger partial charge >= 0.3 is 0 Å². The zero-order chi connectivity index (χ0) is 11.3. The first-order valence-corrected chi connectivity index (χ1v) is 5.74. The molecule has 0 radical (unpaired) electrons. The highest BCUT2D eigenvalue weighted by Gasteiger charge is 2.26. The third-order valence-electron chi connectivity index (χ3n) is 2.95. The summed E-state index contributed by atoms with van der Waals surface area (Å²) in [5.41, 5.74) is 0. The molecule has 88 valence electrons. The fourth-order valence-electron chi connectivity index (χ4n) is 2.06. The van der Waals surface area contributed by atoms with Crippen molar-refractivity contribution < 1.29 is 9.53 Å². The van der Waals surface area contributed by atoms with Crippen molar-refractivity contribution in [2.24, 2.45) is 0 Å². The fraction of sp³-hybridized carbons (Fsp3) is 0.909. The molecular weight excluding hydrogens is 192 g/mol. The van der Waals surface area contributed by atoms with Crippen LogP contribution in [0.5, 0.6) is 0 Å². The van der Waals surface area contributed by atoms with E-state index in [2.05, 4.69) is 10.6 Å². The van der Waals surface area contributed by atoms with E-state index in [4.69, 9.17) is 4.74 Å². The van der Waals surface area contributed by atoms with Gasteiger partial charge in [-0.1, -0.05) is 0 Å². The number of hydrogen-bond donors (Lipinski definition) is 2. The minimum absolute atomic E-state index is 0.0818. The van der Waals surface area contributed by atoms with Gasteiger partial charge in [-0.2, -0.15) is 0 Å². The van der Waals surface area contributed by atoms with Gasteiger partial charge in [0.15, 0.2) is 0 Å². The molecular formula is C11H22N2O2. The number of amides is 1. The molecule has 4 heteroatoms. The standard InChI is InChI=1S/C11H22N2O2/c1-4-12-11(14)8(2)13-9-5-6-10(7-9)15-3/h8-10,13H,4-7H2,1-3H3,(H,12,14). The number of methoxy groups -OCH3 is 1. The lowest BCUT2D eigenvalue weighted by atomic mass is 10.2. The van der Waals surface area contributed by atoms with Crippen molar-refractivity contribution in [2.45, 2.75) is 51.3 Å². The van der Waals surface area contributed by atoms with Crippen molar-refractivity contribution >= 4 is 5.91 Å². The van der Waals surface area contributed by atoms with E-state index in [0.717, 1.165) is 19.3 Å². The van der Waals surface area contributed by atoms with Gasteiger partial charge in [-0.3, -0.25) is 4.79 Å². The van der Waals surface area contributed by atoms with Gasteiger partial charge in [0.05, 0.1) is 12.1 Å². The predicted molar refractivity (Wildman–Crippen MR) is 59.7 cm³/mol. The van der Waals surface area contributed by atoms with Crippen LogP contribution in [0.15, 0.2) is 0 Å². The van der Waals surface area contributed by atoms with Crippen LogP contribution in [-0.2, 0) is 9.53 Å². The highest BCUT2D eigenvalue weighted by atomic mass is 16.5. The maximum atomic E-state index is 11.5. The lowest BCUT2D eigenvalue weighted by Gasteiger charge is -2.18. The van der Waals surface area contributed by atoms with Gasteiger partial charge in [-0.15, -0.1) is 0 Å². The van der Waals surface area contributed by atoms with Crippen LogP contribution in [-0.4, -0.2) is 37.7 Å². The average molecular weight is 214 g/mol. The molecule has 1 rings (SSSR count). The summed E-state index contributed by atoms with van der Waals surface area (Å²) in [5.74, 6) is 0.0818. The highest BCUT2D eigenvalue weighted by molar-refractivity contribution is 5.81. The average Bonchev–Trinajstić information content (AvgIpc) is 2.66. The fourth-order valence-corrected chi connectivity index (χ4v) is 2.06. The van der Waals surface area contributed by atoms with E-state index in [-0.39, 0.29) is 11.9 Å². The second kappa shape index (κ2) is 6.08. The molecule has 1 fully saturated rings. The summed E-state index contributed by atoms with van der Waals surface area (Å²) < 4.78 is 5.29. The molecule has 0 heterocycles. The molecule has 4 nitrogen and oxygen atoms in total. The van der Waals surface area contributed by atoms with E-state index in [1.165, 1.54) is 0 Å². The van der Waals surface area contributed by atoms with Crippen LogP contribution in [0.3, 0.4) is 0 Å². The number of carbonyl (C=O) groups is 1. The highest BCUT2D eigenvalue weighted by Crippen LogP contribution is 2.21. The molecule has 15 heavy (non-hydrogen) atoms. The maximum absolute atomic E-state index is 11.5. The Hall–Kier alpha value is -0.610. The third kappa shape index (κ3) is 3.80. The van der Waals surface area contributed by atoms with Gasteiger partial charge in [0.25, 0.3) is 0 Å². The summed E-state index contributed by atoms with van der Waals surface area (Å²) in [6.07, 6.45) is 3.57. The smallest absolute Gasteiger partial charge is 0.236 e. The zero-order valence-corrected chi connectivity index (χ0v) is 9.88. The van der Waals surface area contributed by atoms with E-state index in [0.29, 0.717) is 18.7 Å². The minimum atomic E-state index is -0.106. The van der Waals surface area contributed by atoms with Crippen LogP contribution >= 0.6 is 0 Å². The van der Waals surface area contributed by atoms with Gasteiger partial charge in [0.1, 0.15) is 0 Å². The van der Waals surface area contributed by atoms with Crippen LogP contribution in [0.1, 0.15) is 33.1 Å². The van der Waals surface area contributed by atoms with Crippen LogP contribution in [0.2, 0.25) is 0 Å². The Kier molecular flexibility index (Phi) is 5.05. The monoisotopic (exact) mass is 214 g/mol. The molecule has 3 unspecified atom stereocenters. The van der Waals surface area contributed by atoms with Gasteiger partial charge in [-0.25, -0.2) is 0 Å². The number of hydrogen-bond acceptors (Lipinski definition) is 3.